The number of carboxylic acid groups (broad SMARTS) is 1. The first kappa shape index (κ1) is 22.1. The summed E-state index contributed by atoms with van der Waals surface area (Å²) < 4.78 is 0.794. The van der Waals surface area contributed by atoms with Crippen LogP contribution in [0.1, 0.15) is 50.5 Å². The van der Waals surface area contributed by atoms with Crippen LogP contribution in [0, 0.1) is 11.8 Å². The second-order valence-electron chi connectivity index (χ2n) is 8.68. The molecule has 0 bridgehead atoms. The normalized spacial score (nSPS) is 25.1. The number of nitrogens with one attached hydrogen (secondary N) is 1. The van der Waals surface area contributed by atoms with Gasteiger partial charge in [0.25, 0.3) is 0 Å². The molecule has 0 aliphatic heterocycles. The molecule has 0 radical (unpaired) electrons. The third-order valence-electron chi connectivity index (χ3n) is 6.30. The summed E-state index contributed by atoms with van der Waals surface area (Å²) in [6.45, 7) is 3.06. The number of hydrogen-bond acceptors (Lipinski definition) is 5. The largest absolute Gasteiger partial charge is 0.481 e. The zero-order chi connectivity index (χ0) is 21.8. The Balaban J connectivity index is 1.40. The number of carbonyl (C=O) groups is 2. The Morgan fingerprint density at radius 2 is 1.97 bits per heavy atom. The summed E-state index contributed by atoms with van der Waals surface area (Å²) in [5, 5.41) is 12.4. The Hall–Kier alpha value is -2.06. The predicted molar refractivity (Wildman–Crippen MR) is 125 cm³/mol. The second-order valence-corrected chi connectivity index (χ2v) is 11.0. The average Bonchev–Trinajstić information content (AvgIpc) is 3.40. The van der Waals surface area contributed by atoms with E-state index < -0.39 is 5.97 Å². The van der Waals surface area contributed by atoms with Gasteiger partial charge in [-0.15, -0.1) is 11.8 Å². The molecule has 2 N–H and O–H groups in total. The van der Waals surface area contributed by atoms with Crippen molar-refractivity contribution in [1.82, 2.24) is 9.88 Å². The van der Waals surface area contributed by atoms with Crippen LogP contribution in [0.5, 0.6) is 0 Å². The van der Waals surface area contributed by atoms with E-state index in [-0.39, 0.29) is 17.8 Å². The van der Waals surface area contributed by atoms with Gasteiger partial charge in [0, 0.05) is 12.6 Å². The quantitative estimate of drug-likeness (QED) is 0.507. The third kappa shape index (κ3) is 6.01. The maximum atomic E-state index is 13.3. The molecular weight excluding hydrogens is 430 g/mol. The van der Waals surface area contributed by atoms with Crippen LogP contribution in [0.2, 0.25) is 0 Å². The van der Waals surface area contributed by atoms with Crippen molar-refractivity contribution in [1.29, 1.82) is 0 Å². The summed E-state index contributed by atoms with van der Waals surface area (Å²) >= 11 is 2.55. The van der Waals surface area contributed by atoms with Gasteiger partial charge in [-0.3, -0.25) is 10.1 Å². The maximum absolute atomic E-state index is 13.3. The molecule has 6 nitrogen and oxygen atoms in total. The number of anilines is 1. The van der Waals surface area contributed by atoms with Gasteiger partial charge in [-0.1, -0.05) is 48.6 Å². The van der Waals surface area contributed by atoms with Gasteiger partial charge < -0.3 is 10.0 Å². The number of carboxylic acids is 1. The van der Waals surface area contributed by atoms with Gasteiger partial charge in [-0.25, -0.2) is 9.78 Å². The van der Waals surface area contributed by atoms with Crippen LogP contribution in [0.25, 0.3) is 0 Å². The Labute approximate surface area is 191 Å². The van der Waals surface area contributed by atoms with Crippen LogP contribution in [-0.4, -0.2) is 45.3 Å². The van der Waals surface area contributed by atoms with Gasteiger partial charge in [-0.05, 0) is 55.4 Å². The highest BCUT2D eigenvalue weighted by molar-refractivity contribution is 8.01. The first-order valence-corrected chi connectivity index (χ1v) is 12.7. The van der Waals surface area contributed by atoms with Gasteiger partial charge in [0.2, 0.25) is 0 Å². The molecule has 4 rings (SSSR count). The molecule has 2 saturated carbocycles. The summed E-state index contributed by atoms with van der Waals surface area (Å²) in [7, 11) is 0. The zero-order valence-corrected chi connectivity index (χ0v) is 19.3. The van der Waals surface area contributed by atoms with E-state index in [1.165, 1.54) is 28.7 Å². The van der Waals surface area contributed by atoms with Gasteiger partial charge in [-0.2, -0.15) is 0 Å². The predicted octanol–water partition coefficient (Wildman–Crippen LogP) is 5.54. The Bertz CT molecular complexity index is 896. The second kappa shape index (κ2) is 10.0. The average molecular weight is 460 g/mol. The SMILES string of the molecule is C[C@H]1CC[C@H](N(CC2CC2c2ccccc2)C(=O)Nc2ncc(SCC(=O)O)s2)CC1. The Kier molecular flexibility index (Phi) is 7.17. The first-order chi connectivity index (χ1) is 15.0. The highest BCUT2D eigenvalue weighted by Gasteiger charge is 2.41. The fraction of sp³-hybridized carbons (Fsp3) is 0.522. The molecule has 1 aromatic heterocycles. The minimum atomic E-state index is -0.862. The van der Waals surface area contributed by atoms with Crippen LogP contribution >= 0.6 is 23.1 Å². The molecule has 1 aromatic carbocycles. The van der Waals surface area contributed by atoms with E-state index in [2.05, 4.69) is 41.5 Å². The van der Waals surface area contributed by atoms with Crippen molar-refractivity contribution in [3.8, 4) is 0 Å². The number of aromatic nitrogens is 1. The van der Waals surface area contributed by atoms with Gasteiger partial charge in [0.05, 0.1) is 16.2 Å². The maximum Gasteiger partial charge on any atom is 0.323 e. The molecule has 2 atom stereocenters. The van der Waals surface area contributed by atoms with E-state index in [0.29, 0.717) is 17.0 Å². The van der Waals surface area contributed by atoms with Crippen LogP contribution in [0.4, 0.5) is 9.93 Å². The van der Waals surface area contributed by atoms with Crippen molar-refractivity contribution in [3.63, 3.8) is 0 Å². The number of thioether (sulfide) groups is 1. The van der Waals surface area contributed by atoms with E-state index in [0.717, 1.165) is 48.8 Å². The number of carbonyl (C=O) groups excluding carboxylic acids is 1. The number of nitrogens with zero attached hydrogens (tertiary/aromatic N) is 2. The number of thiazole rings is 1. The smallest absolute Gasteiger partial charge is 0.323 e. The summed E-state index contributed by atoms with van der Waals surface area (Å²) in [6, 6.07) is 10.8. The lowest BCUT2D eigenvalue weighted by molar-refractivity contribution is -0.133. The molecule has 2 fully saturated rings. The summed E-state index contributed by atoms with van der Waals surface area (Å²) in [6.07, 6.45) is 7.18. The molecule has 2 amide bonds. The van der Waals surface area contributed by atoms with E-state index in [1.807, 2.05) is 11.0 Å². The molecule has 0 spiro atoms. The fourth-order valence-corrected chi connectivity index (χ4v) is 6.02. The van der Waals surface area contributed by atoms with Crippen LogP contribution < -0.4 is 5.32 Å². The molecule has 31 heavy (non-hydrogen) atoms. The van der Waals surface area contributed by atoms with Crippen LogP contribution in [0.3, 0.4) is 0 Å². The van der Waals surface area contributed by atoms with Gasteiger partial charge >= 0.3 is 12.0 Å². The number of urea groups is 1. The summed E-state index contributed by atoms with van der Waals surface area (Å²) in [5.41, 5.74) is 1.37. The van der Waals surface area contributed by atoms with Gasteiger partial charge in [0.1, 0.15) is 0 Å². The molecule has 1 heterocycles. The monoisotopic (exact) mass is 459 g/mol. The minimum absolute atomic E-state index is 0.00941. The molecule has 2 aliphatic rings. The summed E-state index contributed by atoms with van der Waals surface area (Å²) in [4.78, 5) is 30.3. The molecule has 2 unspecified atom stereocenters. The lowest BCUT2D eigenvalue weighted by Crippen LogP contribution is -2.45. The van der Waals surface area contributed by atoms with Crippen molar-refractivity contribution < 1.29 is 14.7 Å². The lowest BCUT2D eigenvalue weighted by atomic mass is 9.86. The topological polar surface area (TPSA) is 82.5 Å². The number of amides is 2. The zero-order valence-electron chi connectivity index (χ0n) is 17.7. The van der Waals surface area contributed by atoms with Crippen LogP contribution in [-0.2, 0) is 4.79 Å². The van der Waals surface area contributed by atoms with E-state index in [1.54, 1.807) is 6.20 Å². The van der Waals surface area contributed by atoms with E-state index in [4.69, 9.17) is 5.11 Å². The fourth-order valence-electron chi connectivity index (χ4n) is 4.44. The molecule has 2 aromatic rings. The van der Waals surface area contributed by atoms with Crippen molar-refractivity contribution in [2.75, 3.05) is 17.6 Å². The number of rotatable bonds is 8. The summed E-state index contributed by atoms with van der Waals surface area (Å²) in [5.74, 6) is 0.902. The van der Waals surface area contributed by atoms with Crippen molar-refractivity contribution in [3.05, 3.63) is 42.1 Å². The van der Waals surface area contributed by atoms with Gasteiger partial charge in [0.15, 0.2) is 5.13 Å². The highest BCUT2D eigenvalue weighted by atomic mass is 32.2. The molecule has 166 valence electrons. The number of hydrogen-bond donors (Lipinski definition) is 2. The van der Waals surface area contributed by atoms with Crippen molar-refractivity contribution >= 4 is 40.2 Å². The van der Waals surface area contributed by atoms with E-state index >= 15 is 0 Å². The molecule has 0 saturated heterocycles. The standard InChI is InChI=1S/C23H29N3O3S2/c1-15-7-9-18(10-8-15)26(13-17-11-19(17)16-5-3-2-4-6-16)23(29)25-22-24-12-21(31-22)30-14-20(27)28/h2-6,12,15,17-19H,7-11,13-14H2,1H3,(H,27,28)(H,24,25,29)/t15-,17?,18-,19?. The van der Waals surface area contributed by atoms with Crippen molar-refractivity contribution in [2.45, 2.75) is 55.2 Å². The molecule has 8 heteroatoms. The molecule has 2 aliphatic carbocycles. The lowest BCUT2D eigenvalue weighted by Gasteiger charge is -2.36. The Morgan fingerprint density at radius 3 is 2.68 bits per heavy atom. The third-order valence-corrected chi connectivity index (χ3v) is 8.40. The number of benzene rings is 1. The first-order valence-electron chi connectivity index (χ1n) is 10.9. The highest BCUT2D eigenvalue weighted by Crippen LogP contribution is 2.48. The Morgan fingerprint density at radius 1 is 1.23 bits per heavy atom. The number of aliphatic carboxylic acids is 1. The minimum Gasteiger partial charge on any atom is -0.481 e. The molecular formula is C23H29N3O3S2. The van der Waals surface area contributed by atoms with Crippen LogP contribution in [0.15, 0.2) is 40.7 Å². The van der Waals surface area contributed by atoms with E-state index in [9.17, 15) is 9.59 Å². The van der Waals surface area contributed by atoms with Crippen molar-refractivity contribution in [2.24, 2.45) is 11.8 Å².